The Balaban J connectivity index is 1.81. The van der Waals surface area contributed by atoms with E-state index in [-0.39, 0.29) is 12.5 Å². The zero-order valence-corrected chi connectivity index (χ0v) is 41.5. The summed E-state index contributed by atoms with van der Waals surface area (Å²) in [5.41, 5.74) is 0. The maximum absolute atomic E-state index is 13.2. The van der Waals surface area contributed by atoms with Crippen LogP contribution in [-0.4, -0.2) is 140 Å². The maximum Gasteiger partial charge on any atom is 0.220 e. The number of ether oxygens (including phenoxy) is 4. The van der Waals surface area contributed by atoms with E-state index in [4.69, 9.17) is 18.9 Å². The summed E-state index contributed by atoms with van der Waals surface area (Å²) in [7, 11) is 0. The molecule has 0 radical (unpaired) electrons. The Bertz CT molecular complexity index is 1160. The molecule has 1 amide bonds. The fraction of sp³-hybridized carbons (Fsp3) is 0.942. The van der Waals surface area contributed by atoms with Crippen molar-refractivity contribution in [3.63, 3.8) is 0 Å². The zero-order valence-electron chi connectivity index (χ0n) is 41.5. The van der Waals surface area contributed by atoms with Gasteiger partial charge in [-0.15, -0.1) is 0 Å². The predicted molar refractivity (Wildman–Crippen MR) is 259 cm³/mol. The van der Waals surface area contributed by atoms with Crippen LogP contribution < -0.4 is 5.32 Å². The highest BCUT2D eigenvalue weighted by Gasteiger charge is 2.51. The molecule has 0 bridgehead atoms. The van der Waals surface area contributed by atoms with Gasteiger partial charge in [0.05, 0.1) is 32.0 Å². The van der Waals surface area contributed by atoms with Gasteiger partial charge in [-0.1, -0.05) is 187 Å². The van der Waals surface area contributed by atoms with Crippen LogP contribution in [-0.2, 0) is 23.7 Å². The van der Waals surface area contributed by atoms with Crippen molar-refractivity contribution >= 4 is 5.91 Å². The third-order valence-corrected chi connectivity index (χ3v) is 13.5. The molecule has 0 aromatic rings. The highest BCUT2D eigenvalue weighted by molar-refractivity contribution is 5.76. The fourth-order valence-electron chi connectivity index (χ4n) is 9.06. The van der Waals surface area contributed by atoms with Crippen LogP contribution in [0.25, 0.3) is 0 Å². The average molecular weight is 946 g/mol. The van der Waals surface area contributed by atoms with Crippen LogP contribution in [0.5, 0.6) is 0 Å². The van der Waals surface area contributed by atoms with E-state index in [0.29, 0.717) is 12.8 Å². The van der Waals surface area contributed by atoms with Crippen LogP contribution in [0.3, 0.4) is 0 Å². The van der Waals surface area contributed by atoms with Gasteiger partial charge in [0.1, 0.15) is 48.8 Å². The average Bonchev–Trinajstić information content (AvgIpc) is 3.31. The van der Waals surface area contributed by atoms with Gasteiger partial charge in [0.25, 0.3) is 0 Å². The van der Waals surface area contributed by atoms with E-state index >= 15 is 0 Å². The highest BCUT2D eigenvalue weighted by Crippen LogP contribution is 2.30. The Morgan fingerprint density at radius 1 is 0.530 bits per heavy atom. The molecule has 390 valence electrons. The van der Waals surface area contributed by atoms with Crippen LogP contribution in [0.15, 0.2) is 12.2 Å². The molecule has 12 atom stereocenters. The zero-order chi connectivity index (χ0) is 48.2. The summed E-state index contributed by atoms with van der Waals surface area (Å²) in [4.78, 5) is 13.2. The Morgan fingerprint density at radius 2 is 0.955 bits per heavy atom. The van der Waals surface area contributed by atoms with E-state index in [0.717, 1.165) is 57.8 Å². The molecule has 66 heavy (non-hydrogen) atoms. The molecule has 2 aliphatic heterocycles. The molecule has 0 saturated carbocycles. The summed E-state index contributed by atoms with van der Waals surface area (Å²) >= 11 is 0. The Hall–Kier alpha value is -1.27. The number of rotatable bonds is 42. The Kier molecular flexibility index (Phi) is 36.4. The minimum Gasteiger partial charge on any atom is -0.394 e. The topological polar surface area (TPSA) is 228 Å². The SMILES string of the molecule is CCCCCCCC/C=C\CCCCCCCCCC(=O)NC(COC1OC(CO)C(OC2OC(CO)C(O)C(O)C2O)C(O)C1O)C(O)CCCCCCCCCCCCCCCCC. The number of amides is 1. The largest absolute Gasteiger partial charge is 0.394 e. The molecule has 14 nitrogen and oxygen atoms in total. The summed E-state index contributed by atoms with van der Waals surface area (Å²) in [6, 6.07) is -0.826. The maximum atomic E-state index is 13.2. The van der Waals surface area contributed by atoms with E-state index < -0.39 is 86.8 Å². The van der Waals surface area contributed by atoms with Crippen molar-refractivity contribution in [2.75, 3.05) is 19.8 Å². The van der Waals surface area contributed by atoms with Gasteiger partial charge < -0.3 is 65.1 Å². The second-order valence-electron chi connectivity index (χ2n) is 19.4. The standard InChI is InChI=1S/C52H99NO13/c1-3-5-7-9-11-13-15-17-19-20-22-24-26-28-30-32-34-36-44(57)53-40(41(56)35-33-31-29-27-25-23-21-18-16-14-12-10-8-6-4-2)39-63-51-49(62)47(60)50(43(38-55)65-51)66-52-48(61)46(59)45(58)42(37-54)64-52/h17,19,40-43,45-52,54-56,58-62H,3-16,18,20-39H2,1-2H3,(H,53,57)/b19-17-. The van der Waals surface area contributed by atoms with E-state index in [1.807, 2.05) is 0 Å². The van der Waals surface area contributed by atoms with E-state index in [2.05, 4.69) is 31.3 Å². The molecule has 2 aliphatic rings. The molecule has 12 unspecified atom stereocenters. The lowest BCUT2D eigenvalue weighted by atomic mass is 9.97. The first-order valence-electron chi connectivity index (χ1n) is 26.9. The first kappa shape index (κ1) is 60.9. The van der Waals surface area contributed by atoms with Gasteiger partial charge in [-0.05, 0) is 38.5 Å². The number of unbranched alkanes of at least 4 members (excludes halogenated alkanes) is 27. The lowest BCUT2D eigenvalue weighted by Gasteiger charge is -2.46. The third-order valence-electron chi connectivity index (χ3n) is 13.5. The highest BCUT2D eigenvalue weighted by atomic mass is 16.7. The van der Waals surface area contributed by atoms with Gasteiger partial charge in [0, 0.05) is 6.42 Å². The minimum atomic E-state index is -1.78. The number of carbonyl (C=O) groups is 1. The fourth-order valence-corrected chi connectivity index (χ4v) is 9.06. The lowest BCUT2D eigenvalue weighted by Crippen LogP contribution is -2.65. The van der Waals surface area contributed by atoms with Gasteiger partial charge in [-0.3, -0.25) is 4.79 Å². The van der Waals surface area contributed by atoms with E-state index in [9.17, 15) is 45.6 Å². The number of carbonyl (C=O) groups excluding carboxylic acids is 1. The van der Waals surface area contributed by atoms with Gasteiger partial charge in [-0.25, -0.2) is 0 Å². The molecule has 0 aromatic carbocycles. The summed E-state index contributed by atoms with van der Waals surface area (Å²) in [6.07, 6.45) is 24.9. The van der Waals surface area contributed by atoms with E-state index in [1.165, 1.54) is 135 Å². The van der Waals surface area contributed by atoms with Gasteiger partial charge in [0.15, 0.2) is 12.6 Å². The number of allylic oxidation sites excluding steroid dienone is 2. The monoisotopic (exact) mass is 946 g/mol. The molecule has 0 spiro atoms. The summed E-state index contributed by atoms with van der Waals surface area (Å²) < 4.78 is 22.8. The van der Waals surface area contributed by atoms with Crippen molar-refractivity contribution in [3.05, 3.63) is 12.2 Å². The first-order valence-corrected chi connectivity index (χ1v) is 26.9. The molecule has 0 aromatic heterocycles. The van der Waals surface area contributed by atoms with Crippen LogP contribution in [0.4, 0.5) is 0 Å². The van der Waals surface area contributed by atoms with Gasteiger partial charge >= 0.3 is 0 Å². The summed E-state index contributed by atoms with van der Waals surface area (Å²) in [5, 5.41) is 87.0. The molecule has 14 heteroatoms. The predicted octanol–water partition coefficient (Wildman–Crippen LogP) is 7.55. The first-order chi connectivity index (χ1) is 32.1. The van der Waals surface area contributed by atoms with Crippen molar-refractivity contribution in [3.8, 4) is 0 Å². The second kappa shape index (κ2) is 39.5. The third kappa shape index (κ3) is 26.1. The minimum absolute atomic E-state index is 0.210. The van der Waals surface area contributed by atoms with Crippen molar-refractivity contribution in [1.82, 2.24) is 5.32 Å². The van der Waals surface area contributed by atoms with Crippen molar-refractivity contribution in [2.24, 2.45) is 0 Å². The smallest absolute Gasteiger partial charge is 0.220 e. The number of aliphatic hydroxyl groups excluding tert-OH is 8. The molecule has 2 saturated heterocycles. The van der Waals surface area contributed by atoms with Crippen molar-refractivity contribution in [2.45, 2.75) is 293 Å². The van der Waals surface area contributed by atoms with Gasteiger partial charge in [-0.2, -0.15) is 0 Å². The van der Waals surface area contributed by atoms with Crippen molar-refractivity contribution < 1.29 is 64.6 Å². The molecular weight excluding hydrogens is 847 g/mol. The normalized spacial score (nSPS) is 26.8. The molecule has 9 N–H and O–H groups in total. The number of hydrogen-bond acceptors (Lipinski definition) is 13. The van der Waals surface area contributed by atoms with Crippen LogP contribution in [0, 0.1) is 0 Å². The van der Waals surface area contributed by atoms with Gasteiger partial charge in [0.2, 0.25) is 5.91 Å². The second-order valence-corrected chi connectivity index (χ2v) is 19.4. The molecular formula is C52H99NO13. The van der Waals surface area contributed by atoms with E-state index in [1.54, 1.807) is 0 Å². The summed E-state index contributed by atoms with van der Waals surface area (Å²) in [6.45, 7) is 2.86. The summed E-state index contributed by atoms with van der Waals surface area (Å²) in [5.74, 6) is -0.210. The van der Waals surface area contributed by atoms with Crippen LogP contribution in [0.1, 0.15) is 219 Å². The molecule has 0 aliphatic carbocycles. The molecule has 2 rings (SSSR count). The lowest BCUT2D eigenvalue weighted by molar-refractivity contribution is -0.359. The van der Waals surface area contributed by atoms with Crippen molar-refractivity contribution in [1.29, 1.82) is 0 Å². The Labute approximate surface area is 399 Å². The quantitative estimate of drug-likeness (QED) is 0.0213. The number of nitrogens with one attached hydrogen (secondary N) is 1. The van der Waals surface area contributed by atoms with Crippen LogP contribution in [0.2, 0.25) is 0 Å². The molecule has 2 fully saturated rings. The van der Waals surface area contributed by atoms with Crippen LogP contribution >= 0.6 is 0 Å². The number of hydrogen-bond donors (Lipinski definition) is 9. The Morgan fingerprint density at radius 3 is 1.44 bits per heavy atom. The molecule has 2 heterocycles. The number of aliphatic hydroxyl groups is 8.